The molecule has 1 heteroatoms. The normalized spacial score (nSPS) is 15.5. The van der Waals surface area contributed by atoms with Crippen molar-refractivity contribution in [3.8, 4) is 12.3 Å². The highest BCUT2D eigenvalue weighted by atomic mass is 15.1. The van der Waals surface area contributed by atoms with Gasteiger partial charge in [-0.3, -0.25) is 0 Å². The average Bonchev–Trinajstić information content (AvgIpc) is 2.41. The molecule has 0 unspecified atom stereocenters. The zero-order chi connectivity index (χ0) is 13.1. The fourth-order valence-electron chi connectivity index (χ4n) is 2.31. The molecular formula is C17H17N. The minimum atomic E-state index is 0.861. The standard InChI is InChI=1S/C17H17N/c1-5-15-12-13(3)17(18(6-2)14(15)4)16-10-8-7-9-11-16/h1,7-12H,4,6H2,2-3H3. The van der Waals surface area contributed by atoms with Crippen LogP contribution >= 0.6 is 0 Å². The molecule has 0 aromatic heterocycles. The summed E-state index contributed by atoms with van der Waals surface area (Å²) in [5.74, 6) is 2.71. The predicted octanol–water partition coefficient (Wildman–Crippen LogP) is 3.83. The Morgan fingerprint density at radius 1 is 1.28 bits per heavy atom. The van der Waals surface area contributed by atoms with Crippen LogP contribution in [0.2, 0.25) is 0 Å². The predicted molar refractivity (Wildman–Crippen MR) is 77.5 cm³/mol. The van der Waals surface area contributed by atoms with Crippen LogP contribution in [0, 0.1) is 12.3 Å². The summed E-state index contributed by atoms with van der Waals surface area (Å²) >= 11 is 0. The molecule has 90 valence electrons. The lowest BCUT2D eigenvalue weighted by Crippen LogP contribution is -2.25. The SMILES string of the molecule is C#CC1=CC(C)=C(c2ccccc2)N(CC)C1=C. The van der Waals surface area contributed by atoms with E-state index in [2.05, 4.69) is 43.4 Å². The fourth-order valence-corrected chi connectivity index (χ4v) is 2.31. The summed E-state index contributed by atoms with van der Waals surface area (Å²) in [6.07, 6.45) is 7.57. The zero-order valence-electron chi connectivity index (χ0n) is 10.9. The second-order valence-electron chi connectivity index (χ2n) is 4.29. The Morgan fingerprint density at radius 3 is 2.50 bits per heavy atom. The van der Waals surface area contributed by atoms with Crippen molar-refractivity contribution in [3.05, 3.63) is 65.4 Å². The molecule has 0 aliphatic carbocycles. The van der Waals surface area contributed by atoms with Gasteiger partial charge in [-0.25, -0.2) is 0 Å². The topological polar surface area (TPSA) is 3.24 Å². The highest BCUT2D eigenvalue weighted by Crippen LogP contribution is 2.33. The van der Waals surface area contributed by atoms with Gasteiger partial charge < -0.3 is 4.90 Å². The summed E-state index contributed by atoms with van der Waals surface area (Å²) in [5.41, 5.74) is 5.36. The maximum atomic E-state index is 5.53. The molecule has 0 fully saturated rings. The molecule has 2 rings (SSSR count). The summed E-state index contributed by atoms with van der Waals surface area (Å²) in [7, 11) is 0. The average molecular weight is 235 g/mol. The molecule has 1 nitrogen and oxygen atoms in total. The molecule has 18 heavy (non-hydrogen) atoms. The molecule has 1 aliphatic heterocycles. The fraction of sp³-hybridized carbons (Fsp3) is 0.176. The third kappa shape index (κ3) is 1.98. The molecule has 0 N–H and O–H groups in total. The molecule has 1 heterocycles. The van der Waals surface area contributed by atoms with E-state index in [1.165, 1.54) is 16.8 Å². The molecule has 0 spiro atoms. The van der Waals surface area contributed by atoms with E-state index in [9.17, 15) is 0 Å². The van der Waals surface area contributed by atoms with Crippen molar-refractivity contribution in [1.82, 2.24) is 4.90 Å². The van der Waals surface area contributed by atoms with Gasteiger partial charge in [0.25, 0.3) is 0 Å². The lowest BCUT2D eigenvalue weighted by Gasteiger charge is -2.33. The lowest BCUT2D eigenvalue weighted by molar-refractivity contribution is 0.522. The van der Waals surface area contributed by atoms with Gasteiger partial charge in [0.15, 0.2) is 0 Å². The minimum absolute atomic E-state index is 0.861. The number of rotatable bonds is 2. The van der Waals surface area contributed by atoms with Crippen LogP contribution in [-0.4, -0.2) is 11.4 Å². The first-order valence-corrected chi connectivity index (χ1v) is 6.10. The molecule has 1 aromatic carbocycles. The van der Waals surface area contributed by atoms with Gasteiger partial charge in [-0.1, -0.05) is 42.8 Å². The van der Waals surface area contributed by atoms with Crippen LogP contribution < -0.4 is 0 Å². The van der Waals surface area contributed by atoms with Gasteiger partial charge in [-0.05, 0) is 31.1 Å². The second-order valence-corrected chi connectivity index (χ2v) is 4.29. The summed E-state index contributed by atoms with van der Waals surface area (Å²) in [4.78, 5) is 2.18. The quantitative estimate of drug-likeness (QED) is 0.704. The van der Waals surface area contributed by atoms with Crippen molar-refractivity contribution in [2.75, 3.05) is 6.54 Å². The number of benzene rings is 1. The van der Waals surface area contributed by atoms with Gasteiger partial charge in [0.2, 0.25) is 0 Å². The highest BCUT2D eigenvalue weighted by Gasteiger charge is 2.21. The summed E-state index contributed by atoms with van der Waals surface area (Å²) < 4.78 is 0. The van der Waals surface area contributed by atoms with Crippen molar-refractivity contribution < 1.29 is 0 Å². The Labute approximate surface area is 109 Å². The first-order valence-electron chi connectivity index (χ1n) is 6.10. The number of terminal acetylenes is 1. The summed E-state index contributed by atoms with van der Waals surface area (Å²) in [6.45, 7) is 9.17. The van der Waals surface area contributed by atoms with E-state index >= 15 is 0 Å². The number of allylic oxidation sites excluding steroid dienone is 3. The summed E-state index contributed by atoms with van der Waals surface area (Å²) in [5, 5.41) is 0. The van der Waals surface area contributed by atoms with Gasteiger partial charge in [-0.15, -0.1) is 6.42 Å². The van der Waals surface area contributed by atoms with Crippen molar-refractivity contribution in [3.63, 3.8) is 0 Å². The van der Waals surface area contributed by atoms with Crippen molar-refractivity contribution in [2.24, 2.45) is 0 Å². The maximum Gasteiger partial charge on any atom is 0.0514 e. The molecule has 0 bridgehead atoms. The highest BCUT2D eigenvalue weighted by molar-refractivity contribution is 5.75. The first-order chi connectivity index (χ1) is 8.69. The molecule has 0 atom stereocenters. The van der Waals surface area contributed by atoms with Gasteiger partial charge in [0.05, 0.1) is 5.70 Å². The number of likely N-dealkylation sites (N-methyl/N-ethyl adjacent to an activating group) is 1. The van der Waals surface area contributed by atoms with E-state index in [4.69, 9.17) is 6.42 Å². The number of hydrogen-bond acceptors (Lipinski definition) is 1. The van der Waals surface area contributed by atoms with Crippen molar-refractivity contribution in [2.45, 2.75) is 13.8 Å². The smallest absolute Gasteiger partial charge is 0.0514 e. The Bertz CT molecular complexity index is 567. The van der Waals surface area contributed by atoms with Crippen LogP contribution in [0.4, 0.5) is 0 Å². The van der Waals surface area contributed by atoms with Crippen LogP contribution in [0.1, 0.15) is 19.4 Å². The molecule has 0 saturated heterocycles. The molecule has 0 saturated carbocycles. The molecule has 0 amide bonds. The monoisotopic (exact) mass is 235 g/mol. The van der Waals surface area contributed by atoms with Gasteiger partial charge in [-0.2, -0.15) is 0 Å². The van der Waals surface area contributed by atoms with Gasteiger partial charge in [0.1, 0.15) is 0 Å². The van der Waals surface area contributed by atoms with E-state index in [-0.39, 0.29) is 0 Å². The van der Waals surface area contributed by atoms with E-state index < -0.39 is 0 Å². The maximum absolute atomic E-state index is 5.53. The largest absolute Gasteiger partial charge is 0.341 e. The van der Waals surface area contributed by atoms with Crippen LogP contribution in [0.5, 0.6) is 0 Å². The van der Waals surface area contributed by atoms with E-state index in [1.54, 1.807) is 0 Å². The van der Waals surface area contributed by atoms with Crippen LogP contribution in [-0.2, 0) is 0 Å². The van der Waals surface area contributed by atoms with E-state index in [0.29, 0.717) is 0 Å². The number of nitrogens with zero attached hydrogens (tertiary/aromatic N) is 1. The minimum Gasteiger partial charge on any atom is -0.341 e. The van der Waals surface area contributed by atoms with Crippen LogP contribution in [0.3, 0.4) is 0 Å². The van der Waals surface area contributed by atoms with Crippen LogP contribution in [0.25, 0.3) is 5.70 Å². The van der Waals surface area contributed by atoms with Crippen molar-refractivity contribution in [1.29, 1.82) is 0 Å². The molecule has 1 aliphatic rings. The third-order valence-electron chi connectivity index (χ3n) is 3.16. The van der Waals surface area contributed by atoms with E-state index in [1.807, 2.05) is 24.3 Å². The van der Waals surface area contributed by atoms with E-state index in [0.717, 1.165) is 17.8 Å². The summed E-state index contributed by atoms with van der Waals surface area (Å²) in [6, 6.07) is 10.3. The Morgan fingerprint density at radius 2 is 1.94 bits per heavy atom. The Kier molecular flexibility index (Phi) is 3.39. The molecule has 0 radical (unpaired) electrons. The third-order valence-corrected chi connectivity index (χ3v) is 3.16. The molecule has 1 aromatic rings. The molecular weight excluding hydrogens is 218 g/mol. The number of hydrogen-bond donors (Lipinski definition) is 0. The Balaban J connectivity index is 2.59. The zero-order valence-corrected chi connectivity index (χ0v) is 10.9. The lowest BCUT2D eigenvalue weighted by atomic mass is 9.97. The van der Waals surface area contributed by atoms with Crippen LogP contribution in [0.15, 0.2) is 59.8 Å². The van der Waals surface area contributed by atoms with Gasteiger partial charge >= 0.3 is 0 Å². The first kappa shape index (κ1) is 12.3. The second kappa shape index (κ2) is 4.98. The van der Waals surface area contributed by atoms with Crippen molar-refractivity contribution >= 4 is 5.70 Å². The Hall–Kier alpha value is -2.20. The van der Waals surface area contributed by atoms with Gasteiger partial charge in [0, 0.05) is 17.8 Å².